The van der Waals surface area contributed by atoms with E-state index in [1.807, 2.05) is 31.3 Å². The molecule has 0 aliphatic carbocycles. The van der Waals surface area contributed by atoms with E-state index in [-0.39, 0.29) is 5.91 Å². The molecule has 0 saturated carbocycles. The summed E-state index contributed by atoms with van der Waals surface area (Å²) < 4.78 is 1.26. The van der Waals surface area contributed by atoms with Gasteiger partial charge in [-0.3, -0.25) is 9.69 Å². The highest BCUT2D eigenvalue weighted by molar-refractivity contribution is 7.18. The molecule has 4 rings (SSSR count). The quantitative estimate of drug-likeness (QED) is 0.730. The zero-order valence-corrected chi connectivity index (χ0v) is 16.6. The summed E-state index contributed by atoms with van der Waals surface area (Å²) in [6.07, 6.45) is 2.12. The lowest BCUT2D eigenvalue weighted by molar-refractivity contribution is -0.117. The Labute approximate surface area is 161 Å². The van der Waals surface area contributed by atoms with E-state index in [1.165, 1.54) is 21.0 Å². The number of piperidine rings is 1. The first kappa shape index (κ1) is 17.6. The third kappa shape index (κ3) is 3.79. The number of benzene rings is 1. The van der Waals surface area contributed by atoms with Crippen molar-refractivity contribution in [3.05, 3.63) is 39.8 Å². The number of aromatic nitrogens is 2. The lowest BCUT2D eigenvalue weighted by Gasteiger charge is -2.30. The van der Waals surface area contributed by atoms with Gasteiger partial charge in [0, 0.05) is 10.8 Å². The lowest BCUT2D eigenvalue weighted by atomic mass is 9.97. The van der Waals surface area contributed by atoms with Gasteiger partial charge < -0.3 is 5.32 Å². The van der Waals surface area contributed by atoms with Crippen molar-refractivity contribution in [3.63, 3.8) is 0 Å². The maximum Gasteiger partial charge on any atom is 0.240 e. The van der Waals surface area contributed by atoms with Crippen molar-refractivity contribution in [1.82, 2.24) is 14.9 Å². The van der Waals surface area contributed by atoms with Crippen LogP contribution in [0.4, 0.5) is 5.13 Å². The van der Waals surface area contributed by atoms with E-state index in [0.29, 0.717) is 17.6 Å². The first-order chi connectivity index (χ1) is 12.6. The Kier molecular flexibility index (Phi) is 5.02. The first-order valence-electron chi connectivity index (χ1n) is 8.90. The van der Waals surface area contributed by atoms with Crippen LogP contribution in [0.2, 0.25) is 0 Å². The van der Waals surface area contributed by atoms with Gasteiger partial charge in [0.2, 0.25) is 5.91 Å². The first-order valence-corrected chi connectivity index (χ1v) is 10.5. The maximum atomic E-state index is 12.3. The molecule has 2 aromatic heterocycles. The van der Waals surface area contributed by atoms with E-state index in [0.717, 1.165) is 42.0 Å². The molecule has 0 bridgehead atoms. The number of nitrogens with zero attached hydrogens (tertiary/aromatic N) is 3. The van der Waals surface area contributed by atoms with Crippen LogP contribution in [0.3, 0.4) is 0 Å². The Bertz CT molecular complexity index is 872. The van der Waals surface area contributed by atoms with Gasteiger partial charge >= 0.3 is 0 Å². The molecule has 3 heterocycles. The number of para-hydroxylation sites is 1. The van der Waals surface area contributed by atoms with Crippen LogP contribution in [-0.4, -0.2) is 40.4 Å². The zero-order chi connectivity index (χ0) is 18.1. The summed E-state index contributed by atoms with van der Waals surface area (Å²) in [5.74, 6) is 0.535. The topological polar surface area (TPSA) is 58.1 Å². The molecule has 1 fully saturated rings. The van der Waals surface area contributed by atoms with Crippen molar-refractivity contribution in [2.75, 3.05) is 25.0 Å². The van der Waals surface area contributed by atoms with Gasteiger partial charge in [-0.2, -0.15) is 0 Å². The highest BCUT2D eigenvalue weighted by Gasteiger charge is 2.24. The molecule has 0 atom stereocenters. The summed E-state index contributed by atoms with van der Waals surface area (Å²) in [6, 6.07) is 8.32. The fraction of sp³-hybridized carbons (Fsp3) is 0.421. The van der Waals surface area contributed by atoms with Crippen LogP contribution in [-0.2, 0) is 4.79 Å². The molecule has 1 amide bonds. The molecule has 1 aliphatic rings. The van der Waals surface area contributed by atoms with Crippen LogP contribution in [0.5, 0.6) is 0 Å². The van der Waals surface area contributed by atoms with Crippen molar-refractivity contribution in [1.29, 1.82) is 0 Å². The van der Waals surface area contributed by atoms with E-state index in [1.54, 1.807) is 0 Å². The monoisotopic (exact) mass is 386 g/mol. The Morgan fingerprint density at radius 2 is 1.96 bits per heavy atom. The minimum atomic E-state index is 0.0252. The van der Waals surface area contributed by atoms with E-state index >= 15 is 0 Å². The Morgan fingerprint density at radius 3 is 2.65 bits per heavy atom. The fourth-order valence-corrected chi connectivity index (χ4v) is 5.26. The van der Waals surface area contributed by atoms with Gasteiger partial charge in [0.1, 0.15) is 0 Å². The molecule has 1 N–H and O–H groups in total. The number of rotatable bonds is 4. The van der Waals surface area contributed by atoms with Crippen LogP contribution >= 0.6 is 22.7 Å². The average Bonchev–Trinajstić information content (AvgIpc) is 3.18. The summed E-state index contributed by atoms with van der Waals surface area (Å²) in [5.41, 5.74) is 2.09. The van der Waals surface area contributed by atoms with Crippen molar-refractivity contribution in [2.24, 2.45) is 0 Å². The SMILES string of the molecule is Cc1nc(NC(=O)CN2CCC(c3nc4ccccc4s3)CC2)sc1C. The number of aryl methyl sites for hydroxylation is 2. The lowest BCUT2D eigenvalue weighted by Crippen LogP contribution is -2.38. The number of carbonyl (C=O) groups excluding carboxylic acids is 1. The number of amides is 1. The molecule has 0 unspecified atom stereocenters. The Hall–Kier alpha value is -1.83. The molecule has 5 nitrogen and oxygen atoms in total. The van der Waals surface area contributed by atoms with Gasteiger partial charge in [0.05, 0.1) is 27.5 Å². The van der Waals surface area contributed by atoms with Crippen LogP contribution in [0, 0.1) is 13.8 Å². The highest BCUT2D eigenvalue weighted by Crippen LogP contribution is 2.33. The predicted molar refractivity (Wildman–Crippen MR) is 108 cm³/mol. The van der Waals surface area contributed by atoms with Crippen molar-refractivity contribution in [3.8, 4) is 0 Å². The normalized spacial score (nSPS) is 16.2. The summed E-state index contributed by atoms with van der Waals surface area (Å²) in [5, 5.41) is 4.87. The third-order valence-corrected chi connectivity index (χ3v) is 7.08. The van der Waals surface area contributed by atoms with Crippen LogP contribution in [0.1, 0.15) is 34.3 Å². The van der Waals surface area contributed by atoms with E-state index in [4.69, 9.17) is 4.98 Å². The van der Waals surface area contributed by atoms with Gasteiger partial charge in [-0.25, -0.2) is 9.97 Å². The Balaban J connectivity index is 1.31. The minimum absolute atomic E-state index is 0.0252. The van der Waals surface area contributed by atoms with Gasteiger partial charge in [0.15, 0.2) is 5.13 Å². The molecular weight excluding hydrogens is 364 g/mol. The van der Waals surface area contributed by atoms with Crippen LogP contribution < -0.4 is 5.32 Å². The standard InChI is InChI=1S/C19H22N4OS2/c1-12-13(2)25-19(20-12)22-17(24)11-23-9-7-14(8-10-23)18-21-15-5-3-4-6-16(15)26-18/h3-6,14H,7-11H2,1-2H3,(H,20,22,24). The number of anilines is 1. The summed E-state index contributed by atoms with van der Waals surface area (Å²) >= 11 is 3.34. The molecule has 0 radical (unpaired) electrons. The van der Waals surface area contributed by atoms with Crippen molar-refractivity contribution in [2.45, 2.75) is 32.6 Å². The number of fused-ring (bicyclic) bond motifs is 1. The van der Waals surface area contributed by atoms with Gasteiger partial charge in [-0.05, 0) is 51.9 Å². The number of hydrogen-bond acceptors (Lipinski definition) is 6. The van der Waals surface area contributed by atoms with E-state index in [9.17, 15) is 4.79 Å². The summed E-state index contributed by atoms with van der Waals surface area (Å²) in [4.78, 5) is 24.8. The second-order valence-corrected chi connectivity index (χ2v) is 9.04. The largest absolute Gasteiger partial charge is 0.301 e. The van der Waals surface area contributed by atoms with Gasteiger partial charge in [-0.15, -0.1) is 22.7 Å². The third-order valence-electron chi connectivity index (χ3n) is 4.89. The molecule has 1 aromatic carbocycles. The predicted octanol–water partition coefficient (Wildman–Crippen LogP) is 4.19. The average molecular weight is 387 g/mol. The number of carbonyl (C=O) groups is 1. The Morgan fingerprint density at radius 1 is 1.19 bits per heavy atom. The smallest absolute Gasteiger partial charge is 0.240 e. The van der Waals surface area contributed by atoms with Crippen LogP contribution in [0.15, 0.2) is 24.3 Å². The van der Waals surface area contributed by atoms with Crippen molar-refractivity contribution >= 4 is 43.9 Å². The molecule has 0 spiro atoms. The number of likely N-dealkylation sites (tertiary alicyclic amines) is 1. The number of thiazole rings is 2. The van der Waals surface area contributed by atoms with Gasteiger partial charge in [-0.1, -0.05) is 12.1 Å². The van der Waals surface area contributed by atoms with E-state index < -0.39 is 0 Å². The van der Waals surface area contributed by atoms with Crippen molar-refractivity contribution < 1.29 is 4.79 Å². The summed E-state index contributed by atoms with van der Waals surface area (Å²) in [6.45, 7) is 6.29. The summed E-state index contributed by atoms with van der Waals surface area (Å²) in [7, 11) is 0. The second-order valence-electron chi connectivity index (χ2n) is 6.78. The maximum absolute atomic E-state index is 12.3. The minimum Gasteiger partial charge on any atom is -0.301 e. The van der Waals surface area contributed by atoms with Gasteiger partial charge in [0.25, 0.3) is 0 Å². The zero-order valence-electron chi connectivity index (χ0n) is 15.0. The number of hydrogen-bond donors (Lipinski definition) is 1. The molecule has 1 aliphatic heterocycles. The molecule has 136 valence electrons. The highest BCUT2D eigenvalue weighted by atomic mass is 32.1. The molecule has 3 aromatic rings. The molecule has 1 saturated heterocycles. The number of nitrogens with one attached hydrogen (secondary N) is 1. The second kappa shape index (κ2) is 7.42. The molecular formula is C19H22N4OS2. The van der Waals surface area contributed by atoms with E-state index in [2.05, 4.69) is 33.4 Å². The molecule has 26 heavy (non-hydrogen) atoms. The fourth-order valence-electron chi connectivity index (χ4n) is 3.29. The van der Waals surface area contributed by atoms with Crippen LogP contribution in [0.25, 0.3) is 10.2 Å². The molecule has 7 heteroatoms.